The Morgan fingerprint density at radius 3 is 2.91 bits per heavy atom. The fourth-order valence-electron chi connectivity index (χ4n) is 2.35. The fraction of sp³-hybridized carbons (Fsp3) is 0.312. The monoisotopic (exact) mass is 332 g/mol. The van der Waals surface area contributed by atoms with Crippen LogP contribution in [-0.2, 0) is 16.2 Å². The summed E-state index contributed by atoms with van der Waals surface area (Å²) in [6, 6.07) is 9.11. The Morgan fingerprint density at radius 1 is 1.43 bits per heavy atom. The number of nitrogens with zero attached hydrogens (tertiary/aromatic N) is 3. The number of carbonyl (C=O) groups is 1. The number of benzene rings is 1. The van der Waals surface area contributed by atoms with Crippen molar-refractivity contribution in [3.63, 3.8) is 0 Å². The second-order valence-electron chi connectivity index (χ2n) is 5.53. The first-order chi connectivity index (χ1) is 11.0. The van der Waals surface area contributed by atoms with Gasteiger partial charge in [-0.05, 0) is 19.9 Å². The largest absolute Gasteiger partial charge is 0.379 e. The predicted molar refractivity (Wildman–Crippen MR) is 88.6 cm³/mol. The summed E-state index contributed by atoms with van der Waals surface area (Å²) < 4.78 is 1.74. The van der Waals surface area contributed by atoms with Crippen LogP contribution in [0.2, 0.25) is 5.02 Å². The van der Waals surface area contributed by atoms with E-state index in [-0.39, 0.29) is 5.91 Å². The highest BCUT2D eigenvalue weighted by molar-refractivity contribution is 6.34. The average molecular weight is 333 g/mol. The lowest BCUT2D eigenvalue weighted by Crippen LogP contribution is -2.40. The van der Waals surface area contributed by atoms with Gasteiger partial charge in [-0.3, -0.25) is 9.48 Å². The van der Waals surface area contributed by atoms with Crippen LogP contribution >= 0.6 is 11.6 Å². The van der Waals surface area contributed by atoms with Gasteiger partial charge in [0.05, 0.1) is 5.71 Å². The Morgan fingerprint density at radius 2 is 2.22 bits per heavy atom. The van der Waals surface area contributed by atoms with Crippen LogP contribution in [0.1, 0.15) is 25.8 Å². The first kappa shape index (κ1) is 15.6. The van der Waals surface area contributed by atoms with Crippen molar-refractivity contribution in [1.82, 2.24) is 9.78 Å². The second-order valence-corrected chi connectivity index (χ2v) is 5.93. The van der Waals surface area contributed by atoms with E-state index in [4.69, 9.17) is 16.4 Å². The van der Waals surface area contributed by atoms with Crippen molar-refractivity contribution in [2.75, 3.05) is 5.32 Å². The topological polar surface area (TPSA) is 68.5 Å². The van der Waals surface area contributed by atoms with Crippen molar-refractivity contribution in [2.24, 2.45) is 5.16 Å². The molecule has 2 aromatic rings. The van der Waals surface area contributed by atoms with Crippen LogP contribution < -0.4 is 5.32 Å². The highest BCUT2D eigenvalue weighted by Gasteiger charge is 2.42. The molecule has 0 radical (unpaired) electrons. The molecule has 0 saturated carbocycles. The Labute approximate surface area is 139 Å². The number of aromatic nitrogens is 2. The molecule has 7 heteroatoms. The van der Waals surface area contributed by atoms with Gasteiger partial charge in [0, 0.05) is 35.8 Å². The van der Waals surface area contributed by atoms with Crippen molar-refractivity contribution in [1.29, 1.82) is 0 Å². The molecule has 0 bridgehead atoms. The van der Waals surface area contributed by atoms with Crippen LogP contribution in [-0.4, -0.2) is 27.0 Å². The molecule has 0 spiro atoms. The summed E-state index contributed by atoms with van der Waals surface area (Å²) in [5.41, 5.74) is 0.359. The first-order valence-electron chi connectivity index (χ1n) is 7.37. The molecule has 0 aliphatic carbocycles. The molecule has 120 valence electrons. The third kappa shape index (κ3) is 3.07. The minimum absolute atomic E-state index is 0.287. The predicted octanol–water partition coefficient (Wildman–Crippen LogP) is 3.08. The van der Waals surface area contributed by atoms with E-state index in [2.05, 4.69) is 15.6 Å². The van der Waals surface area contributed by atoms with Gasteiger partial charge in [0.25, 0.3) is 5.91 Å². The number of hydrogen-bond donors (Lipinski definition) is 1. The molecule has 1 atom stereocenters. The summed E-state index contributed by atoms with van der Waals surface area (Å²) in [6.45, 7) is 4.42. The summed E-state index contributed by atoms with van der Waals surface area (Å²) in [4.78, 5) is 17.9. The number of anilines is 1. The van der Waals surface area contributed by atoms with Gasteiger partial charge in [-0.1, -0.05) is 35.0 Å². The molecule has 0 unspecified atom stereocenters. The molecule has 0 fully saturated rings. The molecule has 0 saturated heterocycles. The maximum Gasteiger partial charge on any atom is 0.272 e. The Balaban J connectivity index is 1.72. The van der Waals surface area contributed by atoms with Gasteiger partial charge in [-0.2, -0.15) is 5.10 Å². The second kappa shape index (κ2) is 6.04. The molecule has 1 N–H and O–H groups in total. The Bertz CT molecular complexity index is 771. The Hall–Kier alpha value is -2.34. The lowest BCUT2D eigenvalue weighted by Gasteiger charge is -2.19. The van der Waals surface area contributed by atoms with Gasteiger partial charge in [0.1, 0.15) is 0 Å². The number of amides is 1. The molecule has 1 aromatic heterocycles. The van der Waals surface area contributed by atoms with E-state index < -0.39 is 5.60 Å². The minimum Gasteiger partial charge on any atom is -0.379 e. The number of hydrogen-bond acceptors (Lipinski definition) is 4. The summed E-state index contributed by atoms with van der Waals surface area (Å²) >= 11 is 6.18. The van der Waals surface area contributed by atoms with Crippen molar-refractivity contribution < 1.29 is 9.63 Å². The van der Waals surface area contributed by atoms with Crippen LogP contribution in [0.4, 0.5) is 5.82 Å². The lowest BCUT2D eigenvalue weighted by atomic mass is 9.95. The highest BCUT2D eigenvalue weighted by Crippen LogP contribution is 2.30. The van der Waals surface area contributed by atoms with Gasteiger partial charge in [-0.15, -0.1) is 0 Å². The zero-order valence-electron chi connectivity index (χ0n) is 12.9. The molecule has 1 aliphatic rings. The van der Waals surface area contributed by atoms with Crippen LogP contribution in [0.5, 0.6) is 0 Å². The van der Waals surface area contributed by atoms with Crippen molar-refractivity contribution in [2.45, 2.75) is 32.4 Å². The number of aryl methyl sites for hydroxylation is 1. The zero-order valence-corrected chi connectivity index (χ0v) is 13.7. The SMILES string of the molecule is CCn1ccc(NC(=O)[C@@]2(C)CC(c3ccccc3Cl)=NO2)n1. The molecule has 6 nitrogen and oxygen atoms in total. The van der Waals surface area contributed by atoms with Crippen molar-refractivity contribution in [3.05, 3.63) is 47.1 Å². The van der Waals surface area contributed by atoms with Gasteiger partial charge < -0.3 is 10.2 Å². The van der Waals surface area contributed by atoms with E-state index in [1.165, 1.54) is 0 Å². The minimum atomic E-state index is -1.08. The third-order valence-electron chi connectivity index (χ3n) is 3.73. The third-order valence-corrected chi connectivity index (χ3v) is 4.06. The summed E-state index contributed by atoms with van der Waals surface area (Å²) in [5.74, 6) is 0.206. The summed E-state index contributed by atoms with van der Waals surface area (Å²) in [7, 11) is 0. The summed E-state index contributed by atoms with van der Waals surface area (Å²) in [5, 5.41) is 11.6. The quantitative estimate of drug-likeness (QED) is 0.935. The van der Waals surface area contributed by atoms with E-state index in [0.29, 0.717) is 23.0 Å². The first-order valence-corrected chi connectivity index (χ1v) is 7.74. The van der Waals surface area contributed by atoms with Crippen LogP contribution in [0, 0.1) is 0 Å². The van der Waals surface area contributed by atoms with Crippen LogP contribution in [0.3, 0.4) is 0 Å². The lowest BCUT2D eigenvalue weighted by molar-refractivity contribution is -0.135. The van der Waals surface area contributed by atoms with Crippen LogP contribution in [0.15, 0.2) is 41.7 Å². The molecule has 1 amide bonds. The van der Waals surface area contributed by atoms with Gasteiger partial charge in [0.2, 0.25) is 5.60 Å². The number of oxime groups is 1. The van der Waals surface area contributed by atoms with E-state index >= 15 is 0 Å². The van der Waals surface area contributed by atoms with E-state index in [9.17, 15) is 4.79 Å². The Kier molecular flexibility index (Phi) is 4.09. The molecule has 1 aromatic carbocycles. The maximum absolute atomic E-state index is 12.5. The van der Waals surface area contributed by atoms with E-state index in [1.807, 2.05) is 25.1 Å². The number of rotatable bonds is 4. The smallest absolute Gasteiger partial charge is 0.272 e. The van der Waals surface area contributed by atoms with Crippen molar-refractivity contribution >= 4 is 29.0 Å². The number of nitrogens with one attached hydrogen (secondary N) is 1. The maximum atomic E-state index is 12.5. The summed E-state index contributed by atoms with van der Waals surface area (Å²) in [6.07, 6.45) is 2.15. The molecule has 2 heterocycles. The molecule has 1 aliphatic heterocycles. The number of carbonyl (C=O) groups excluding carboxylic acids is 1. The molecule has 23 heavy (non-hydrogen) atoms. The highest BCUT2D eigenvalue weighted by atomic mass is 35.5. The van der Waals surface area contributed by atoms with Gasteiger partial charge in [0.15, 0.2) is 5.82 Å². The van der Waals surface area contributed by atoms with E-state index in [0.717, 1.165) is 12.1 Å². The fourth-order valence-corrected chi connectivity index (χ4v) is 2.60. The average Bonchev–Trinajstić information content (AvgIpc) is 3.15. The molecule has 3 rings (SSSR count). The standard InChI is InChI=1S/C16H17ClN4O2/c1-3-21-9-8-14(19-21)18-15(22)16(2)10-13(20-23-16)11-6-4-5-7-12(11)17/h4-9H,3,10H2,1-2H3,(H,18,19,22)/t16-/m1/s1. The molecular formula is C16H17ClN4O2. The van der Waals surface area contributed by atoms with Crippen LogP contribution in [0.25, 0.3) is 0 Å². The number of halogens is 1. The molecular weight excluding hydrogens is 316 g/mol. The van der Waals surface area contributed by atoms with E-state index in [1.54, 1.807) is 29.9 Å². The van der Waals surface area contributed by atoms with Crippen molar-refractivity contribution in [3.8, 4) is 0 Å². The van der Waals surface area contributed by atoms with Gasteiger partial charge >= 0.3 is 0 Å². The van der Waals surface area contributed by atoms with Gasteiger partial charge in [-0.25, -0.2) is 0 Å². The normalized spacial score (nSPS) is 20.0. The zero-order chi connectivity index (χ0) is 16.4.